The van der Waals surface area contributed by atoms with Crippen molar-refractivity contribution in [2.45, 2.75) is 51.1 Å². The molecule has 0 amide bonds. The van der Waals surface area contributed by atoms with Crippen molar-refractivity contribution in [1.82, 2.24) is 0 Å². The lowest BCUT2D eigenvalue weighted by molar-refractivity contribution is -0.385. The minimum Gasteiger partial charge on any atom is -0.487 e. The third-order valence-corrected chi connectivity index (χ3v) is 3.76. The van der Waals surface area contributed by atoms with E-state index in [-0.39, 0.29) is 5.69 Å². The first-order chi connectivity index (χ1) is 10.1. The number of nitro groups is 1. The molecule has 1 saturated carbocycles. The molecule has 0 bridgehead atoms. The fourth-order valence-corrected chi connectivity index (χ4v) is 2.58. The van der Waals surface area contributed by atoms with Gasteiger partial charge in [-0.15, -0.1) is 0 Å². The molecule has 2 rings (SSSR count). The molecule has 0 atom stereocenters. The zero-order valence-corrected chi connectivity index (χ0v) is 12.4. The van der Waals surface area contributed by atoms with E-state index in [0.717, 1.165) is 37.8 Å². The molecule has 1 aromatic rings. The smallest absolute Gasteiger partial charge is 0.311 e. The van der Waals surface area contributed by atoms with Gasteiger partial charge < -0.3 is 15.8 Å². The molecule has 0 radical (unpaired) electrons. The zero-order valence-electron chi connectivity index (χ0n) is 12.4. The molecule has 0 saturated heterocycles. The summed E-state index contributed by atoms with van der Waals surface area (Å²) in [6.07, 6.45) is 4.91. The van der Waals surface area contributed by atoms with E-state index in [1.54, 1.807) is 12.1 Å². The maximum atomic E-state index is 11.0. The topological polar surface area (TPSA) is 90.4 Å². The van der Waals surface area contributed by atoms with Gasteiger partial charge >= 0.3 is 5.69 Å². The predicted molar refractivity (Wildman–Crippen MR) is 82.7 cm³/mol. The highest BCUT2D eigenvalue weighted by Gasteiger charge is 2.20. The minimum atomic E-state index is -0.408. The molecule has 1 aromatic carbocycles. The Labute approximate surface area is 124 Å². The maximum absolute atomic E-state index is 11.0. The highest BCUT2D eigenvalue weighted by Crippen LogP contribution is 2.31. The van der Waals surface area contributed by atoms with Crippen molar-refractivity contribution in [3.63, 3.8) is 0 Å². The second kappa shape index (κ2) is 7.26. The van der Waals surface area contributed by atoms with Crippen LogP contribution in [0.15, 0.2) is 18.2 Å². The lowest BCUT2D eigenvalue weighted by Gasteiger charge is -2.27. The van der Waals surface area contributed by atoms with Crippen LogP contribution in [0.25, 0.3) is 0 Å². The molecule has 116 valence electrons. The van der Waals surface area contributed by atoms with Crippen LogP contribution in [-0.4, -0.2) is 23.6 Å². The summed E-state index contributed by atoms with van der Waals surface area (Å²) in [7, 11) is 0. The van der Waals surface area contributed by atoms with Gasteiger partial charge in [-0.3, -0.25) is 10.1 Å². The van der Waals surface area contributed by atoms with Crippen LogP contribution in [0.4, 0.5) is 11.4 Å². The van der Waals surface area contributed by atoms with Crippen LogP contribution in [0.3, 0.4) is 0 Å². The molecule has 6 nitrogen and oxygen atoms in total. The first kappa shape index (κ1) is 15.6. The fraction of sp³-hybridized carbons (Fsp3) is 0.600. The molecule has 6 heteroatoms. The van der Waals surface area contributed by atoms with Crippen LogP contribution in [0, 0.1) is 10.1 Å². The van der Waals surface area contributed by atoms with Crippen molar-refractivity contribution in [2.24, 2.45) is 5.73 Å². The minimum absolute atomic E-state index is 0.0136. The lowest BCUT2D eigenvalue weighted by atomic mass is 9.91. The Morgan fingerprint density at radius 3 is 2.71 bits per heavy atom. The number of hydrogen-bond donors (Lipinski definition) is 2. The van der Waals surface area contributed by atoms with Gasteiger partial charge in [0.25, 0.3) is 0 Å². The summed E-state index contributed by atoms with van der Waals surface area (Å²) in [6, 6.07) is 5.66. The Bertz CT molecular complexity index is 485. The van der Waals surface area contributed by atoms with Crippen molar-refractivity contribution in [1.29, 1.82) is 0 Å². The van der Waals surface area contributed by atoms with E-state index in [1.807, 2.05) is 6.92 Å². The normalized spacial score (nSPS) is 21.8. The summed E-state index contributed by atoms with van der Waals surface area (Å²) in [6.45, 7) is 2.45. The fourth-order valence-electron chi connectivity index (χ4n) is 2.58. The lowest BCUT2D eigenvalue weighted by Crippen LogP contribution is -2.32. The maximum Gasteiger partial charge on any atom is 0.311 e. The molecular weight excluding hydrogens is 270 g/mol. The standard InChI is InChI=1S/C15H23N3O3/c1-2-9-21-15-10-13(7-8-14(15)18(19)20)17-12-5-3-11(16)4-6-12/h7-8,10-12,17H,2-6,9,16H2,1H3. The third-order valence-electron chi connectivity index (χ3n) is 3.76. The van der Waals surface area contributed by atoms with Crippen LogP contribution in [0.1, 0.15) is 39.0 Å². The van der Waals surface area contributed by atoms with E-state index < -0.39 is 4.92 Å². The number of ether oxygens (including phenoxy) is 1. The number of rotatable bonds is 6. The Kier molecular flexibility index (Phi) is 5.38. The van der Waals surface area contributed by atoms with Crippen molar-refractivity contribution < 1.29 is 9.66 Å². The molecule has 0 unspecified atom stereocenters. The van der Waals surface area contributed by atoms with E-state index in [9.17, 15) is 10.1 Å². The van der Waals surface area contributed by atoms with E-state index in [2.05, 4.69) is 5.32 Å². The van der Waals surface area contributed by atoms with Gasteiger partial charge in [0.15, 0.2) is 5.75 Å². The van der Waals surface area contributed by atoms with Crippen LogP contribution >= 0.6 is 0 Å². The number of nitro benzene ring substituents is 1. The highest BCUT2D eigenvalue weighted by atomic mass is 16.6. The number of nitrogens with one attached hydrogen (secondary N) is 1. The monoisotopic (exact) mass is 293 g/mol. The van der Waals surface area contributed by atoms with Crippen molar-refractivity contribution >= 4 is 11.4 Å². The van der Waals surface area contributed by atoms with Gasteiger partial charge in [0.2, 0.25) is 0 Å². The molecule has 21 heavy (non-hydrogen) atoms. The predicted octanol–water partition coefficient (Wildman–Crippen LogP) is 3.07. The van der Waals surface area contributed by atoms with Crippen LogP contribution in [0.5, 0.6) is 5.75 Å². The molecule has 1 aliphatic carbocycles. The van der Waals surface area contributed by atoms with E-state index in [1.165, 1.54) is 6.07 Å². The molecule has 1 aliphatic rings. The Balaban J connectivity index is 2.07. The summed E-state index contributed by atoms with van der Waals surface area (Å²) < 4.78 is 5.49. The summed E-state index contributed by atoms with van der Waals surface area (Å²) in [4.78, 5) is 10.6. The number of benzene rings is 1. The Hall–Kier alpha value is -1.82. The van der Waals surface area contributed by atoms with Gasteiger partial charge in [0.1, 0.15) is 0 Å². The highest BCUT2D eigenvalue weighted by molar-refractivity contribution is 5.58. The van der Waals surface area contributed by atoms with E-state index in [0.29, 0.717) is 24.4 Å². The van der Waals surface area contributed by atoms with Crippen LogP contribution in [0.2, 0.25) is 0 Å². The number of nitrogens with two attached hydrogens (primary N) is 1. The number of anilines is 1. The van der Waals surface area contributed by atoms with E-state index in [4.69, 9.17) is 10.5 Å². The average molecular weight is 293 g/mol. The molecule has 0 aromatic heterocycles. The quantitative estimate of drug-likeness (QED) is 0.621. The van der Waals surface area contributed by atoms with E-state index >= 15 is 0 Å². The second-order valence-corrected chi connectivity index (χ2v) is 5.54. The molecular formula is C15H23N3O3. The summed E-state index contributed by atoms with van der Waals surface area (Å²) in [5.41, 5.74) is 6.78. The Morgan fingerprint density at radius 2 is 2.10 bits per heavy atom. The Morgan fingerprint density at radius 1 is 1.38 bits per heavy atom. The zero-order chi connectivity index (χ0) is 15.2. The van der Waals surface area contributed by atoms with Gasteiger partial charge in [0, 0.05) is 29.9 Å². The molecule has 0 heterocycles. The first-order valence-corrected chi connectivity index (χ1v) is 7.53. The van der Waals surface area contributed by atoms with Crippen molar-refractivity contribution in [2.75, 3.05) is 11.9 Å². The SMILES string of the molecule is CCCOc1cc(NC2CCC(N)CC2)ccc1[N+](=O)[O-]. The van der Waals surface area contributed by atoms with Crippen molar-refractivity contribution in [3.05, 3.63) is 28.3 Å². The van der Waals surface area contributed by atoms with Gasteiger partial charge in [-0.1, -0.05) is 6.92 Å². The third kappa shape index (κ3) is 4.32. The number of nitrogens with zero attached hydrogens (tertiary/aromatic N) is 1. The molecule has 3 N–H and O–H groups in total. The number of hydrogen-bond acceptors (Lipinski definition) is 5. The average Bonchev–Trinajstić information content (AvgIpc) is 2.47. The van der Waals surface area contributed by atoms with Crippen LogP contribution in [-0.2, 0) is 0 Å². The van der Waals surface area contributed by atoms with Gasteiger partial charge in [-0.25, -0.2) is 0 Å². The largest absolute Gasteiger partial charge is 0.487 e. The van der Waals surface area contributed by atoms with Gasteiger partial charge in [-0.05, 0) is 38.2 Å². The van der Waals surface area contributed by atoms with Crippen LogP contribution < -0.4 is 15.8 Å². The second-order valence-electron chi connectivity index (χ2n) is 5.54. The van der Waals surface area contributed by atoms with Gasteiger partial charge in [0.05, 0.1) is 11.5 Å². The summed E-state index contributed by atoms with van der Waals surface area (Å²) >= 11 is 0. The summed E-state index contributed by atoms with van der Waals surface area (Å²) in [5.74, 6) is 0.333. The molecule has 1 fully saturated rings. The first-order valence-electron chi connectivity index (χ1n) is 7.53. The molecule has 0 aliphatic heterocycles. The summed E-state index contributed by atoms with van der Waals surface area (Å²) in [5, 5.41) is 14.4. The van der Waals surface area contributed by atoms with Gasteiger partial charge in [-0.2, -0.15) is 0 Å². The van der Waals surface area contributed by atoms with Crippen molar-refractivity contribution in [3.8, 4) is 5.75 Å². The molecule has 0 spiro atoms.